The van der Waals surface area contributed by atoms with E-state index >= 15 is 0 Å². The number of nitrogens with one attached hydrogen (secondary N) is 1. The van der Waals surface area contributed by atoms with Gasteiger partial charge in [-0.2, -0.15) is 11.8 Å². The lowest BCUT2D eigenvalue weighted by atomic mass is 10.2. The molecule has 1 fully saturated rings. The Labute approximate surface area is 111 Å². The van der Waals surface area contributed by atoms with E-state index in [0.717, 1.165) is 13.1 Å². The number of hydrogen-bond acceptors (Lipinski definition) is 5. The minimum absolute atomic E-state index is 0.0221. The van der Waals surface area contributed by atoms with Crippen LogP contribution in [-0.2, 0) is 0 Å². The van der Waals surface area contributed by atoms with Gasteiger partial charge in [0.25, 0.3) is 5.91 Å². The molecule has 0 radical (unpaired) electrons. The molecule has 5 nitrogen and oxygen atoms in total. The zero-order valence-corrected chi connectivity index (χ0v) is 11.4. The van der Waals surface area contributed by atoms with Crippen LogP contribution >= 0.6 is 11.8 Å². The van der Waals surface area contributed by atoms with Crippen LogP contribution in [0.4, 0.5) is 5.82 Å². The minimum atomic E-state index is -0.0221. The highest BCUT2D eigenvalue weighted by atomic mass is 32.2. The van der Waals surface area contributed by atoms with Gasteiger partial charge in [-0.05, 0) is 12.1 Å². The number of nitrogens with zero attached hydrogens (tertiary/aromatic N) is 2. The van der Waals surface area contributed by atoms with Crippen LogP contribution in [0.15, 0.2) is 18.2 Å². The summed E-state index contributed by atoms with van der Waals surface area (Å²) in [6.45, 7) is 5.84. The van der Waals surface area contributed by atoms with E-state index in [9.17, 15) is 4.79 Å². The summed E-state index contributed by atoms with van der Waals surface area (Å²) < 4.78 is 0. The van der Waals surface area contributed by atoms with Gasteiger partial charge in [-0.25, -0.2) is 10.8 Å². The Morgan fingerprint density at radius 3 is 2.72 bits per heavy atom. The highest BCUT2D eigenvalue weighted by Gasteiger charge is 2.27. The molecule has 6 heteroatoms. The van der Waals surface area contributed by atoms with Gasteiger partial charge in [0.05, 0.1) is 0 Å². The molecule has 1 amide bonds. The molecule has 0 spiro atoms. The topological polar surface area (TPSA) is 71.2 Å². The zero-order chi connectivity index (χ0) is 13.1. The molecule has 1 aromatic heterocycles. The van der Waals surface area contributed by atoms with E-state index in [1.165, 1.54) is 0 Å². The second-order valence-electron chi connectivity index (χ2n) is 4.52. The zero-order valence-electron chi connectivity index (χ0n) is 10.6. The molecule has 0 bridgehead atoms. The lowest BCUT2D eigenvalue weighted by molar-refractivity contribution is 0.0747. The third-order valence-electron chi connectivity index (χ3n) is 2.82. The van der Waals surface area contributed by atoms with Gasteiger partial charge in [0.15, 0.2) is 0 Å². The van der Waals surface area contributed by atoms with Crippen molar-refractivity contribution < 1.29 is 4.79 Å². The van der Waals surface area contributed by atoms with Gasteiger partial charge >= 0.3 is 0 Å². The molecule has 3 N–H and O–H groups in total. The van der Waals surface area contributed by atoms with Crippen molar-refractivity contribution in [1.29, 1.82) is 0 Å². The van der Waals surface area contributed by atoms with Crippen molar-refractivity contribution in [2.45, 2.75) is 24.3 Å². The van der Waals surface area contributed by atoms with E-state index in [2.05, 4.69) is 24.3 Å². The van der Waals surface area contributed by atoms with E-state index < -0.39 is 0 Å². The van der Waals surface area contributed by atoms with Gasteiger partial charge in [0, 0.05) is 23.6 Å². The molecule has 1 aliphatic rings. The van der Waals surface area contributed by atoms with Gasteiger partial charge in [-0.1, -0.05) is 19.9 Å². The van der Waals surface area contributed by atoms with Crippen molar-refractivity contribution in [2.24, 2.45) is 5.84 Å². The first-order chi connectivity index (χ1) is 8.60. The molecular formula is C12H18N4OS. The Hall–Kier alpha value is -1.27. The summed E-state index contributed by atoms with van der Waals surface area (Å²) in [5.74, 6) is 5.79. The van der Waals surface area contributed by atoms with E-state index in [-0.39, 0.29) is 5.91 Å². The summed E-state index contributed by atoms with van der Waals surface area (Å²) in [7, 11) is 0. The number of rotatable bonds is 2. The number of pyridine rings is 1. The molecule has 2 atom stereocenters. The van der Waals surface area contributed by atoms with Gasteiger partial charge in [-0.3, -0.25) is 4.79 Å². The number of carbonyl (C=O) groups excluding carboxylic acids is 1. The quantitative estimate of drug-likeness (QED) is 0.624. The first kappa shape index (κ1) is 13.2. The van der Waals surface area contributed by atoms with Crippen molar-refractivity contribution in [1.82, 2.24) is 9.88 Å². The molecule has 2 rings (SSSR count). The Morgan fingerprint density at radius 2 is 2.11 bits per heavy atom. The van der Waals surface area contributed by atoms with Crippen molar-refractivity contribution >= 4 is 23.5 Å². The van der Waals surface area contributed by atoms with Crippen LogP contribution in [0.1, 0.15) is 24.3 Å². The van der Waals surface area contributed by atoms with Crippen molar-refractivity contribution in [3.63, 3.8) is 0 Å². The van der Waals surface area contributed by atoms with Gasteiger partial charge in [0.2, 0.25) is 0 Å². The minimum Gasteiger partial charge on any atom is -0.335 e. The largest absolute Gasteiger partial charge is 0.335 e. The molecule has 18 heavy (non-hydrogen) atoms. The van der Waals surface area contributed by atoms with Crippen LogP contribution in [0.2, 0.25) is 0 Å². The third kappa shape index (κ3) is 2.94. The molecule has 2 heterocycles. The fourth-order valence-electron chi connectivity index (χ4n) is 2.14. The number of amides is 1. The number of nitrogens with two attached hydrogens (primary N) is 1. The maximum Gasteiger partial charge on any atom is 0.272 e. The number of hydrazine groups is 1. The summed E-state index contributed by atoms with van der Waals surface area (Å²) in [4.78, 5) is 18.4. The fraction of sp³-hybridized carbons (Fsp3) is 0.500. The predicted molar refractivity (Wildman–Crippen MR) is 74.5 cm³/mol. The number of nitrogen functional groups attached to an aromatic ring is 1. The molecular weight excluding hydrogens is 248 g/mol. The standard InChI is InChI=1S/C12H18N4OS/c1-8-6-16(7-9(2)18-8)12(17)10-4-3-5-11(14-10)15-13/h3-5,8-9H,6-7,13H2,1-2H3,(H,14,15). The van der Waals surface area contributed by atoms with Crippen LogP contribution in [0.25, 0.3) is 0 Å². The lowest BCUT2D eigenvalue weighted by Gasteiger charge is -2.34. The molecule has 2 unspecified atom stereocenters. The first-order valence-corrected chi connectivity index (χ1v) is 6.93. The van der Waals surface area contributed by atoms with E-state index in [0.29, 0.717) is 22.0 Å². The number of thioether (sulfide) groups is 1. The monoisotopic (exact) mass is 266 g/mol. The third-order valence-corrected chi connectivity index (χ3v) is 4.05. The van der Waals surface area contributed by atoms with Crippen molar-refractivity contribution in [3.8, 4) is 0 Å². The summed E-state index contributed by atoms with van der Waals surface area (Å²) in [6, 6.07) is 5.23. The number of hydrogen-bond donors (Lipinski definition) is 2. The maximum absolute atomic E-state index is 12.3. The van der Waals surface area contributed by atoms with E-state index in [1.54, 1.807) is 18.2 Å². The highest BCUT2D eigenvalue weighted by molar-refractivity contribution is 8.00. The second kappa shape index (κ2) is 5.58. The Kier molecular flexibility index (Phi) is 4.08. The predicted octanol–water partition coefficient (Wildman–Crippen LogP) is 1.33. The number of carbonyl (C=O) groups is 1. The summed E-state index contributed by atoms with van der Waals surface area (Å²) >= 11 is 1.92. The van der Waals surface area contributed by atoms with Crippen molar-refractivity contribution in [2.75, 3.05) is 18.5 Å². The molecule has 1 aliphatic heterocycles. The second-order valence-corrected chi connectivity index (χ2v) is 6.40. The molecule has 0 aromatic carbocycles. The first-order valence-electron chi connectivity index (χ1n) is 5.98. The summed E-state index contributed by atoms with van der Waals surface area (Å²) in [5, 5.41) is 0.932. The normalized spacial score (nSPS) is 23.8. The lowest BCUT2D eigenvalue weighted by Crippen LogP contribution is -2.44. The Balaban J connectivity index is 2.14. The average molecular weight is 266 g/mol. The van der Waals surface area contributed by atoms with Gasteiger partial charge in [-0.15, -0.1) is 0 Å². The molecule has 0 aliphatic carbocycles. The average Bonchev–Trinajstić information content (AvgIpc) is 2.37. The number of aromatic nitrogens is 1. The Morgan fingerprint density at radius 1 is 1.44 bits per heavy atom. The van der Waals surface area contributed by atoms with Crippen molar-refractivity contribution in [3.05, 3.63) is 23.9 Å². The van der Waals surface area contributed by atoms with Gasteiger partial charge < -0.3 is 10.3 Å². The van der Waals surface area contributed by atoms with Crippen LogP contribution in [0.5, 0.6) is 0 Å². The van der Waals surface area contributed by atoms with Crippen LogP contribution in [0.3, 0.4) is 0 Å². The van der Waals surface area contributed by atoms with Crippen LogP contribution < -0.4 is 11.3 Å². The van der Waals surface area contributed by atoms with E-state index in [1.807, 2.05) is 16.7 Å². The maximum atomic E-state index is 12.3. The smallest absolute Gasteiger partial charge is 0.272 e. The molecule has 98 valence electrons. The highest BCUT2D eigenvalue weighted by Crippen LogP contribution is 2.25. The molecule has 1 aromatic rings. The fourth-order valence-corrected chi connectivity index (χ4v) is 3.47. The number of anilines is 1. The Bertz CT molecular complexity index is 430. The molecule has 0 saturated carbocycles. The molecule has 1 saturated heterocycles. The van der Waals surface area contributed by atoms with Gasteiger partial charge in [0.1, 0.15) is 11.5 Å². The van der Waals surface area contributed by atoms with Crippen LogP contribution in [-0.4, -0.2) is 39.4 Å². The summed E-state index contributed by atoms with van der Waals surface area (Å²) in [5.41, 5.74) is 2.90. The SMILES string of the molecule is CC1CN(C(=O)c2cccc(NN)n2)CC(C)S1. The van der Waals surface area contributed by atoms with Crippen LogP contribution in [0, 0.1) is 0 Å². The summed E-state index contributed by atoms with van der Waals surface area (Å²) in [6.07, 6.45) is 0. The van der Waals surface area contributed by atoms with E-state index in [4.69, 9.17) is 5.84 Å².